The molecule has 214 valence electrons. The second-order valence-corrected chi connectivity index (χ2v) is 9.92. The number of hydrogen-bond donors (Lipinski definition) is 6. The van der Waals surface area contributed by atoms with Gasteiger partial charge in [0.1, 0.15) is 36.3 Å². The molecule has 1 saturated carbocycles. The molecule has 3 aliphatic rings. The first-order valence-corrected chi connectivity index (χ1v) is 12.3. The van der Waals surface area contributed by atoms with Crippen molar-refractivity contribution in [3.05, 3.63) is 47.7 Å². The summed E-state index contributed by atoms with van der Waals surface area (Å²) < 4.78 is 27.2. The summed E-state index contributed by atoms with van der Waals surface area (Å²) in [7, 11) is 1.16. The fourth-order valence-electron chi connectivity index (χ4n) is 5.23. The quantitative estimate of drug-likeness (QED) is 0.177. The van der Waals surface area contributed by atoms with Gasteiger partial charge in [-0.2, -0.15) is 0 Å². The molecule has 2 aliphatic heterocycles. The average Bonchev–Trinajstić information content (AvgIpc) is 3.18. The maximum atomic E-state index is 12.7. The SMILES string of the molecule is COC(=O)C1=CO[C@@H](O[C@@H]2O[C@H](CO)[C@@H](O)[C@H](O)[C@H]2O)C2[C@@H]1[C@H](OC(=O)/C=C/c1ccc(O)cc1)C[C@]2(C)O. The van der Waals surface area contributed by atoms with Crippen LogP contribution in [0.25, 0.3) is 6.08 Å². The van der Waals surface area contributed by atoms with Crippen LogP contribution < -0.4 is 0 Å². The summed E-state index contributed by atoms with van der Waals surface area (Å²) in [6.07, 6.45) is -6.69. The fourth-order valence-corrected chi connectivity index (χ4v) is 5.23. The number of phenolic OH excluding ortho intramolecular Hbond substituents is 1. The summed E-state index contributed by atoms with van der Waals surface area (Å²) in [5.41, 5.74) is -1.02. The number of phenols is 1. The molecular weight excluding hydrogens is 520 g/mol. The van der Waals surface area contributed by atoms with Gasteiger partial charge in [-0.15, -0.1) is 0 Å². The van der Waals surface area contributed by atoms with Crippen LogP contribution in [0.3, 0.4) is 0 Å². The highest BCUT2D eigenvalue weighted by molar-refractivity contribution is 5.90. The third-order valence-electron chi connectivity index (χ3n) is 7.21. The minimum Gasteiger partial charge on any atom is -0.508 e. The van der Waals surface area contributed by atoms with Gasteiger partial charge >= 0.3 is 11.9 Å². The number of benzene rings is 1. The van der Waals surface area contributed by atoms with E-state index < -0.39 is 79.1 Å². The summed E-state index contributed by atoms with van der Waals surface area (Å²) in [6.45, 7) is 0.764. The number of fused-ring (bicyclic) bond motifs is 1. The topological polar surface area (TPSA) is 202 Å². The van der Waals surface area contributed by atoms with Crippen molar-refractivity contribution in [2.24, 2.45) is 11.8 Å². The molecule has 0 radical (unpaired) electrons. The molecule has 13 heteroatoms. The van der Waals surface area contributed by atoms with E-state index in [0.29, 0.717) is 5.56 Å². The van der Waals surface area contributed by atoms with E-state index in [1.54, 1.807) is 12.1 Å². The molecule has 0 amide bonds. The number of aliphatic hydroxyl groups is 5. The van der Waals surface area contributed by atoms with E-state index >= 15 is 0 Å². The standard InChI is InChI=1S/C26H32O13/c1-26(34)9-15(37-17(29)8-5-12-3-6-13(28)7-4-12)18-14(23(33)35-2)11-36-24(19(18)26)39-25-22(32)21(31)20(30)16(10-27)38-25/h3-8,11,15-16,18-22,24-25,27-28,30-32,34H,9-10H2,1-2H3/b8-5+/t15-,16-,18+,19?,20-,21+,22-,24+,25+,26+/m1/s1. The molecular formula is C26H32O13. The van der Waals surface area contributed by atoms with Gasteiger partial charge in [-0.3, -0.25) is 0 Å². The molecule has 1 aliphatic carbocycles. The van der Waals surface area contributed by atoms with Crippen molar-refractivity contribution in [2.75, 3.05) is 13.7 Å². The second-order valence-electron chi connectivity index (χ2n) is 9.92. The van der Waals surface area contributed by atoms with Crippen LogP contribution in [-0.2, 0) is 33.3 Å². The molecule has 4 rings (SSSR count). The molecule has 13 nitrogen and oxygen atoms in total. The van der Waals surface area contributed by atoms with Crippen LogP contribution in [-0.4, -0.2) is 105 Å². The van der Waals surface area contributed by atoms with E-state index in [-0.39, 0.29) is 17.7 Å². The molecule has 6 N–H and O–H groups in total. The van der Waals surface area contributed by atoms with Gasteiger partial charge in [0.2, 0.25) is 6.29 Å². The highest BCUT2D eigenvalue weighted by atomic mass is 16.8. The van der Waals surface area contributed by atoms with E-state index in [4.69, 9.17) is 23.7 Å². The Hall–Kier alpha value is -3.04. The van der Waals surface area contributed by atoms with Crippen molar-refractivity contribution >= 4 is 18.0 Å². The van der Waals surface area contributed by atoms with Crippen LogP contribution in [0.2, 0.25) is 0 Å². The predicted octanol–water partition coefficient (Wildman–Crippen LogP) is -1.07. The number of carbonyl (C=O) groups is 2. The van der Waals surface area contributed by atoms with E-state index in [2.05, 4.69) is 0 Å². The fraction of sp³-hybridized carbons (Fsp3) is 0.538. The number of aliphatic hydroxyl groups excluding tert-OH is 4. The first kappa shape index (κ1) is 29.0. The number of hydrogen-bond acceptors (Lipinski definition) is 13. The number of aromatic hydroxyl groups is 1. The van der Waals surface area contributed by atoms with Crippen molar-refractivity contribution in [3.63, 3.8) is 0 Å². The van der Waals surface area contributed by atoms with Gasteiger partial charge in [-0.05, 0) is 30.7 Å². The van der Waals surface area contributed by atoms with E-state index in [9.17, 15) is 40.2 Å². The number of esters is 2. The molecule has 2 fully saturated rings. The third-order valence-corrected chi connectivity index (χ3v) is 7.21. The maximum absolute atomic E-state index is 12.7. The summed E-state index contributed by atoms with van der Waals surface area (Å²) in [6, 6.07) is 6.09. The Bertz CT molecular complexity index is 1100. The monoisotopic (exact) mass is 552 g/mol. The van der Waals surface area contributed by atoms with Crippen LogP contribution in [0.15, 0.2) is 42.2 Å². The molecule has 2 heterocycles. The van der Waals surface area contributed by atoms with Crippen molar-refractivity contribution in [1.82, 2.24) is 0 Å². The first-order chi connectivity index (χ1) is 18.5. The molecule has 1 aromatic rings. The number of rotatable bonds is 7. The lowest BCUT2D eigenvalue weighted by molar-refractivity contribution is -0.346. The van der Waals surface area contributed by atoms with Gasteiger partial charge in [0.25, 0.3) is 0 Å². The van der Waals surface area contributed by atoms with Crippen molar-refractivity contribution < 1.29 is 63.9 Å². The highest BCUT2D eigenvalue weighted by Crippen LogP contribution is 2.51. The van der Waals surface area contributed by atoms with Crippen molar-refractivity contribution in [1.29, 1.82) is 0 Å². The van der Waals surface area contributed by atoms with Crippen LogP contribution >= 0.6 is 0 Å². The van der Waals surface area contributed by atoms with E-state index in [1.807, 2.05) is 0 Å². The largest absolute Gasteiger partial charge is 0.508 e. The maximum Gasteiger partial charge on any atom is 0.337 e. The summed E-state index contributed by atoms with van der Waals surface area (Å²) in [4.78, 5) is 25.3. The van der Waals surface area contributed by atoms with Crippen molar-refractivity contribution in [3.8, 4) is 5.75 Å². The zero-order chi connectivity index (χ0) is 28.5. The van der Waals surface area contributed by atoms with Gasteiger partial charge < -0.3 is 54.3 Å². The zero-order valence-corrected chi connectivity index (χ0v) is 21.2. The summed E-state index contributed by atoms with van der Waals surface area (Å²) in [5.74, 6) is -3.47. The Kier molecular flexibility index (Phi) is 8.61. The number of carbonyl (C=O) groups excluding carboxylic acids is 2. The molecule has 1 unspecified atom stereocenters. The normalized spacial score (nSPS) is 38.0. The minimum absolute atomic E-state index is 0.0192. The van der Waals surface area contributed by atoms with Gasteiger partial charge in [-0.1, -0.05) is 12.1 Å². The summed E-state index contributed by atoms with van der Waals surface area (Å²) in [5, 5.41) is 60.7. The van der Waals surface area contributed by atoms with Gasteiger partial charge in [0, 0.05) is 18.4 Å². The van der Waals surface area contributed by atoms with E-state index in [1.165, 1.54) is 25.1 Å². The summed E-state index contributed by atoms with van der Waals surface area (Å²) >= 11 is 0. The molecule has 0 bridgehead atoms. The number of ether oxygens (including phenoxy) is 5. The lowest BCUT2D eigenvalue weighted by Gasteiger charge is -2.44. The molecule has 10 atom stereocenters. The molecule has 0 aromatic heterocycles. The molecule has 1 saturated heterocycles. The van der Waals surface area contributed by atoms with Crippen molar-refractivity contribution in [2.45, 2.75) is 62.0 Å². The van der Waals surface area contributed by atoms with Crippen LogP contribution in [0, 0.1) is 11.8 Å². The Morgan fingerprint density at radius 1 is 1.10 bits per heavy atom. The zero-order valence-electron chi connectivity index (χ0n) is 21.2. The van der Waals surface area contributed by atoms with E-state index in [0.717, 1.165) is 19.4 Å². The molecule has 0 spiro atoms. The second kappa shape index (κ2) is 11.6. The third kappa shape index (κ3) is 5.94. The Morgan fingerprint density at radius 3 is 2.44 bits per heavy atom. The lowest BCUT2D eigenvalue weighted by Crippen LogP contribution is -2.60. The lowest BCUT2D eigenvalue weighted by atomic mass is 9.80. The molecule has 1 aromatic carbocycles. The average molecular weight is 553 g/mol. The highest BCUT2D eigenvalue weighted by Gasteiger charge is 2.61. The van der Waals surface area contributed by atoms with Gasteiger partial charge in [0.05, 0.1) is 37.1 Å². The smallest absolute Gasteiger partial charge is 0.337 e. The molecule has 39 heavy (non-hydrogen) atoms. The minimum atomic E-state index is -1.74. The van der Waals surface area contributed by atoms with Crippen LogP contribution in [0.1, 0.15) is 18.9 Å². The van der Waals surface area contributed by atoms with Crippen LogP contribution in [0.4, 0.5) is 0 Å². The Balaban J connectivity index is 1.57. The Labute approximate surface area is 223 Å². The Morgan fingerprint density at radius 2 is 1.79 bits per heavy atom. The first-order valence-electron chi connectivity index (χ1n) is 12.3. The predicted molar refractivity (Wildman–Crippen MR) is 129 cm³/mol. The van der Waals surface area contributed by atoms with Crippen LogP contribution in [0.5, 0.6) is 5.75 Å². The van der Waals surface area contributed by atoms with Gasteiger partial charge in [0.15, 0.2) is 6.29 Å². The van der Waals surface area contributed by atoms with Gasteiger partial charge in [-0.25, -0.2) is 9.59 Å². The number of methoxy groups -OCH3 is 1.